The van der Waals surface area contributed by atoms with Crippen molar-refractivity contribution in [1.82, 2.24) is 5.32 Å². The first-order chi connectivity index (χ1) is 11.8. The predicted octanol–water partition coefficient (Wildman–Crippen LogP) is 3.01. The molecule has 0 fully saturated rings. The summed E-state index contributed by atoms with van der Waals surface area (Å²) in [6.07, 6.45) is -0.658. The fourth-order valence-corrected chi connectivity index (χ4v) is 2.08. The standard InChI is InChI=1S/C18H16F3NO3/c1-11(25-18(24)13-8-15(20)10-16(21)9-13)17(23)22-7-6-12-2-4-14(19)5-3-12/h2-5,8-11H,6-7H2,1H3,(H,22,23)/t11-/m0/s1. The molecule has 25 heavy (non-hydrogen) atoms. The topological polar surface area (TPSA) is 55.4 Å². The van der Waals surface area contributed by atoms with E-state index in [0.717, 1.165) is 17.7 Å². The third-order valence-electron chi connectivity index (χ3n) is 3.38. The summed E-state index contributed by atoms with van der Waals surface area (Å²) in [6.45, 7) is 1.61. The maximum atomic E-state index is 13.1. The van der Waals surface area contributed by atoms with Gasteiger partial charge in [0.15, 0.2) is 6.10 Å². The van der Waals surface area contributed by atoms with Crippen molar-refractivity contribution >= 4 is 11.9 Å². The normalized spacial score (nSPS) is 11.7. The van der Waals surface area contributed by atoms with Crippen LogP contribution in [0.1, 0.15) is 22.8 Å². The molecule has 7 heteroatoms. The average Bonchev–Trinajstić information content (AvgIpc) is 2.55. The van der Waals surface area contributed by atoms with Crippen molar-refractivity contribution in [2.24, 2.45) is 0 Å². The molecule has 4 nitrogen and oxygen atoms in total. The number of carbonyl (C=O) groups excluding carboxylic acids is 2. The Hall–Kier alpha value is -2.83. The zero-order valence-electron chi connectivity index (χ0n) is 13.4. The van der Waals surface area contributed by atoms with Gasteiger partial charge in [-0.05, 0) is 43.2 Å². The van der Waals surface area contributed by atoms with E-state index in [0.29, 0.717) is 12.5 Å². The molecule has 1 N–H and O–H groups in total. The van der Waals surface area contributed by atoms with Crippen LogP contribution in [0.3, 0.4) is 0 Å². The molecule has 0 saturated carbocycles. The molecule has 0 aromatic heterocycles. The fourth-order valence-electron chi connectivity index (χ4n) is 2.08. The summed E-state index contributed by atoms with van der Waals surface area (Å²) in [7, 11) is 0. The second kappa shape index (κ2) is 8.32. The molecule has 0 saturated heterocycles. The van der Waals surface area contributed by atoms with Crippen molar-refractivity contribution in [2.75, 3.05) is 6.54 Å². The van der Waals surface area contributed by atoms with Crippen LogP contribution in [0.25, 0.3) is 0 Å². The van der Waals surface area contributed by atoms with Crippen LogP contribution in [0.15, 0.2) is 42.5 Å². The lowest BCUT2D eigenvalue weighted by Gasteiger charge is -2.13. The molecule has 0 radical (unpaired) electrons. The van der Waals surface area contributed by atoms with Crippen molar-refractivity contribution in [3.05, 3.63) is 71.0 Å². The number of hydrogen-bond acceptors (Lipinski definition) is 3. The summed E-state index contributed by atoms with van der Waals surface area (Å²) < 4.78 is 43.9. The summed E-state index contributed by atoms with van der Waals surface area (Å²) in [5.41, 5.74) is 0.519. The number of hydrogen-bond donors (Lipinski definition) is 1. The molecule has 2 rings (SSSR count). The molecule has 2 aromatic carbocycles. The van der Waals surface area contributed by atoms with E-state index in [1.54, 1.807) is 12.1 Å². The van der Waals surface area contributed by atoms with E-state index in [1.807, 2.05) is 0 Å². The predicted molar refractivity (Wildman–Crippen MR) is 84.3 cm³/mol. The number of nitrogens with one attached hydrogen (secondary N) is 1. The van der Waals surface area contributed by atoms with Crippen LogP contribution in [-0.4, -0.2) is 24.5 Å². The van der Waals surface area contributed by atoms with E-state index < -0.39 is 29.6 Å². The Morgan fingerprint density at radius 3 is 2.20 bits per heavy atom. The van der Waals surface area contributed by atoms with E-state index in [4.69, 9.17) is 4.74 Å². The summed E-state index contributed by atoms with van der Waals surface area (Å²) in [6, 6.07) is 8.11. The first kappa shape index (κ1) is 18.5. The van der Waals surface area contributed by atoms with E-state index in [1.165, 1.54) is 19.1 Å². The molecular weight excluding hydrogens is 335 g/mol. The lowest BCUT2D eigenvalue weighted by Crippen LogP contribution is -2.36. The molecule has 0 aliphatic rings. The zero-order valence-corrected chi connectivity index (χ0v) is 13.4. The number of rotatable bonds is 6. The van der Waals surface area contributed by atoms with Crippen LogP contribution >= 0.6 is 0 Å². The Balaban J connectivity index is 1.83. The Morgan fingerprint density at radius 1 is 1.00 bits per heavy atom. The van der Waals surface area contributed by atoms with Gasteiger partial charge >= 0.3 is 5.97 Å². The van der Waals surface area contributed by atoms with Crippen LogP contribution in [0.2, 0.25) is 0 Å². The number of amides is 1. The third kappa shape index (κ3) is 5.63. The van der Waals surface area contributed by atoms with Gasteiger partial charge in [0, 0.05) is 12.6 Å². The number of ether oxygens (including phenoxy) is 1. The number of carbonyl (C=O) groups is 2. The van der Waals surface area contributed by atoms with Crippen molar-refractivity contribution in [3.63, 3.8) is 0 Å². The monoisotopic (exact) mass is 351 g/mol. The maximum Gasteiger partial charge on any atom is 0.339 e. The fraction of sp³-hybridized carbons (Fsp3) is 0.222. The Kier molecular flexibility index (Phi) is 6.16. The minimum Gasteiger partial charge on any atom is -0.449 e. The molecule has 0 aliphatic heterocycles. The Labute approximate surface area is 142 Å². The highest BCUT2D eigenvalue weighted by Gasteiger charge is 2.19. The molecule has 2 aromatic rings. The van der Waals surface area contributed by atoms with Crippen LogP contribution in [-0.2, 0) is 16.0 Å². The highest BCUT2D eigenvalue weighted by Crippen LogP contribution is 2.10. The van der Waals surface area contributed by atoms with Gasteiger partial charge in [-0.1, -0.05) is 12.1 Å². The Morgan fingerprint density at radius 2 is 1.60 bits per heavy atom. The van der Waals surface area contributed by atoms with Crippen LogP contribution in [0.4, 0.5) is 13.2 Å². The van der Waals surface area contributed by atoms with E-state index in [-0.39, 0.29) is 17.9 Å². The van der Waals surface area contributed by atoms with Gasteiger partial charge in [-0.2, -0.15) is 0 Å². The van der Waals surface area contributed by atoms with Gasteiger partial charge in [0.25, 0.3) is 5.91 Å². The Bertz CT molecular complexity index is 742. The SMILES string of the molecule is C[C@H](OC(=O)c1cc(F)cc(F)c1)C(=O)NCCc1ccc(F)cc1. The minimum absolute atomic E-state index is 0.265. The van der Waals surface area contributed by atoms with Crippen molar-refractivity contribution in [2.45, 2.75) is 19.4 Å². The van der Waals surface area contributed by atoms with Gasteiger partial charge in [0.2, 0.25) is 0 Å². The minimum atomic E-state index is -1.13. The number of benzene rings is 2. The van der Waals surface area contributed by atoms with Crippen molar-refractivity contribution in [1.29, 1.82) is 0 Å². The molecular formula is C18H16F3NO3. The summed E-state index contributed by atoms with van der Waals surface area (Å²) >= 11 is 0. The van der Waals surface area contributed by atoms with Gasteiger partial charge in [-0.15, -0.1) is 0 Å². The number of esters is 1. The van der Waals surface area contributed by atoms with E-state index in [9.17, 15) is 22.8 Å². The largest absolute Gasteiger partial charge is 0.449 e. The van der Waals surface area contributed by atoms with Crippen molar-refractivity contribution in [3.8, 4) is 0 Å². The van der Waals surface area contributed by atoms with Gasteiger partial charge in [-0.3, -0.25) is 4.79 Å². The second-order valence-electron chi connectivity index (χ2n) is 5.37. The third-order valence-corrected chi connectivity index (χ3v) is 3.38. The molecule has 0 aliphatic carbocycles. The van der Waals surface area contributed by atoms with E-state index >= 15 is 0 Å². The van der Waals surface area contributed by atoms with Crippen LogP contribution < -0.4 is 5.32 Å². The highest BCUT2D eigenvalue weighted by molar-refractivity contribution is 5.92. The molecule has 1 amide bonds. The summed E-state index contributed by atoms with van der Waals surface area (Å²) in [5.74, 6) is -3.72. The lowest BCUT2D eigenvalue weighted by molar-refractivity contribution is -0.129. The summed E-state index contributed by atoms with van der Waals surface area (Å²) in [4.78, 5) is 23.7. The van der Waals surface area contributed by atoms with Gasteiger partial charge in [0.1, 0.15) is 17.5 Å². The van der Waals surface area contributed by atoms with Crippen molar-refractivity contribution < 1.29 is 27.5 Å². The number of halogens is 3. The average molecular weight is 351 g/mol. The zero-order chi connectivity index (χ0) is 18.4. The second-order valence-corrected chi connectivity index (χ2v) is 5.37. The van der Waals surface area contributed by atoms with Gasteiger partial charge < -0.3 is 10.1 Å². The molecule has 132 valence electrons. The quantitative estimate of drug-likeness (QED) is 0.814. The molecule has 1 atom stereocenters. The molecule has 0 spiro atoms. The molecule has 0 bridgehead atoms. The maximum absolute atomic E-state index is 13.1. The first-order valence-corrected chi connectivity index (χ1v) is 7.54. The molecule has 0 heterocycles. The van der Waals surface area contributed by atoms with Crippen LogP contribution in [0.5, 0.6) is 0 Å². The summed E-state index contributed by atoms with van der Waals surface area (Å²) in [5, 5.41) is 2.57. The van der Waals surface area contributed by atoms with Crippen LogP contribution in [0, 0.1) is 17.5 Å². The first-order valence-electron chi connectivity index (χ1n) is 7.54. The smallest absolute Gasteiger partial charge is 0.339 e. The lowest BCUT2D eigenvalue weighted by atomic mass is 10.1. The highest BCUT2D eigenvalue weighted by atomic mass is 19.1. The van der Waals surface area contributed by atoms with E-state index in [2.05, 4.69) is 5.32 Å². The van der Waals surface area contributed by atoms with Gasteiger partial charge in [-0.25, -0.2) is 18.0 Å². The molecule has 0 unspecified atom stereocenters. The van der Waals surface area contributed by atoms with Gasteiger partial charge in [0.05, 0.1) is 5.56 Å².